The van der Waals surface area contributed by atoms with Crippen LogP contribution in [-0.4, -0.2) is 50.6 Å². The SMILES string of the molecule is C.CC(C)(C)OC(=O)N1CCC[C@H]1C(C)(C)O.CC(C)(O)C1CCCC1.S.S. The first kappa shape index (κ1) is 32.6. The molecule has 0 aromatic rings. The molecule has 1 saturated carbocycles. The standard InChI is InChI=1S/C12H23NO3.C8H16O.CH4.2H2S/c1-11(2,3)16-10(14)13-8-6-7-9(13)12(4,5)15;1-8(2,9)7-5-3-4-6-7;;;/h9,15H,6-8H2,1-5H3;7,9H,3-6H2,1-2H3;1H4;2*1H2/t9-;;;;/m0..../s1. The highest BCUT2D eigenvalue weighted by atomic mass is 32.1. The number of aliphatic hydroxyl groups is 2. The van der Waals surface area contributed by atoms with Crippen LogP contribution < -0.4 is 0 Å². The Hall–Kier alpha value is -0.110. The molecule has 2 aliphatic rings. The summed E-state index contributed by atoms with van der Waals surface area (Å²) < 4.78 is 5.32. The summed E-state index contributed by atoms with van der Waals surface area (Å²) in [7, 11) is 0. The van der Waals surface area contributed by atoms with E-state index in [4.69, 9.17) is 4.74 Å². The highest BCUT2D eigenvalue weighted by molar-refractivity contribution is 7.59. The van der Waals surface area contributed by atoms with E-state index >= 15 is 0 Å². The zero-order valence-corrected chi connectivity index (χ0v) is 20.3. The molecule has 28 heavy (non-hydrogen) atoms. The van der Waals surface area contributed by atoms with Crippen LogP contribution in [0.5, 0.6) is 0 Å². The molecule has 0 bridgehead atoms. The summed E-state index contributed by atoms with van der Waals surface area (Å²) in [6.45, 7) is 13.5. The van der Waals surface area contributed by atoms with E-state index in [9.17, 15) is 15.0 Å². The predicted molar refractivity (Wildman–Crippen MR) is 128 cm³/mol. The third-order valence-electron chi connectivity index (χ3n) is 5.05. The van der Waals surface area contributed by atoms with E-state index in [1.807, 2.05) is 34.6 Å². The molecule has 5 nitrogen and oxygen atoms in total. The average molecular weight is 442 g/mol. The summed E-state index contributed by atoms with van der Waals surface area (Å²) >= 11 is 0. The number of ether oxygens (including phenoxy) is 1. The Morgan fingerprint density at radius 1 is 0.857 bits per heavy atom. The summed E-state index contributed by atoms with van der Waals surface area (Å²) in [5.74, 6) is 0.567. The lowest BCUT2D eigenvalue weighted by Crippen LogP contribution is -2.49. The molecule has 0 aromatic heterocycles. The quantitative estimate of drug-likeness (QED) is 0.635. The molecular formula is C21H47NO4S2. The van der Waals surface area contributed by atoms with Gasteiger partial charge < -0.3 is 19.8 Å². The van der Waals surface area contributed by atoms with Gasteiger partial charge in [-0.25, -0.2) is 4.79 Å². The van der Waals surface area contributed by atoms with E-state index in [1.54, 1.807) is 18.7 Å². The first-order chi connectivity index (χ1) is 11.2. The second-order valence-corrected chi connectivity index (χ2v) is 9.62. The van der Waals surface area contributed by atoms with Crippen LogP contribution in [0, 0.1) is 5.92 Å². The monoisotopic (exact) mass is 441 g/mol. The largest absolute Gasteiger partial charge is 0.444 e. The van der Waals surface area contributed by atoms with Crippen molar-refractivity contribution in [3.8, 4) is 0 Å². The zero-order valence-electron chi connectivity index (χ0n) is 18.3. The van der Waals surface area contributed by atoms with Crippen LogP contribution in [0.15, 0.2) is 0 Å². The number of carbonyl (C=O) groups is 1. The minimum Gasteiger partial charge on any atom is -0.444 e. The predicted octanol–water partition coefficient (Wildman–Crippen LogP) is 4.97. The van der Waals surface area contributed by atoms with Crippen molar-refractivity contribution < 1.29 is 19.7 Å². The number of nitrogens with zero attached hydrogens (tertiary/aromatic N) is 1. The molecule has 2 N–H and O–H groups in total. The van der Waals surface area contributed by atoms with Crippen molar-refractivity contribution in [1.82, 2.24) is 4.90 Å². The normalized spacial score (nSPS) is 20.2. The highest BCUT2D eigenvalue weighted by Crippen LogP contribution is 2.33. The molecule has 1 heterocycles. The van der Waals surface area contributed by atoms with Crippen LogP contribution in [-0.2, 0) is 4.74 Å². The van der Waals surface area contributed by atoms with Gasteiger partial charge in [-0.3, -0.25) is 0 Å². The number of amides is 1. The lowest BCUT2D eigenvalue weighted by Gasteiger charge is -2.34. The van der Waals surface area contributed by atoms with Crippen molar-refractivity contribution in [1.29, 1.82) is 0 Å². The van der Waals surface area contributed by atoms with Gasteiger partial charge >= 0.3 is 6.09 Å². The average Bonchev–Trinajstić information content (AvgIpc) is 3.08. The van der Waals surface area contributed by atoms with E-state index in [0.717, 1.165) is 12.8 Å². The summed E-state index contributed by atoms with van der Waals surface area (Å²) in [6, 6.07) is -0.137. The van der Waals surface area contributed by atoms with Gasteiger partial charge in [-0.15, -0.1) is 0 Å². The molecular weight excluding hydrogens is 394 g/mol. The molecule has 1 aliphatic carbocycles. The second-order valence-electron chi connectivity index (χ2n) is 9.62. The van der Waals surface area contributed by atoms with Gasteiger partial charge in [0.1, 0.15) is 5.60 Å². The molecule has 172 valence electrons. The number of hydrogen-bond acceptors (Lipinski definition) is 4. The molecule has 1 atom stereocenters. The van der Waals surface area contributed by atoms with Crippen molar-refractivity contribution in [2.45, 2.75) is 117 Å². The maximum atomic E-state index is 11.9. The van der Waals surface area contributed by atoms with Crippen LogP contribution in [0.3, 0.4) is 0 Å². The number of rotatable bonds is 2. The summed E-state index contributed by atoms with van der Waals surface area (Å²) in [4.78, 5) is 13.6. The van der Waals surface area contributed by atoms with Gasteiger partial charge in [-0.1, -0.05) is 20.3 Å². The van der Waals surface area contributed by atoms with Crippen molar-refractivity contribution in [2.75, 3.05) is 6.54 Å². The van der Waals surface area contributed by atoms with E-state index in [-0.39, 0.29) is 46.6 Å². The Morgan fingerprint density at radius 2 is 1.32 bits per heavy atom. The second kappa shape index (κ2) is 12.6. The van der Waals surface area contributed by atoms with E-state index < -0.39 is 16.8 Å². The lowest BCUT2D eigenvalue weighted by atomic mass is 9.90. The third kappa shape index (κ3) is 11.2. The van der Waals surface area contributed by atoms with Gasteiger partial charge in [0.25, 0.3) is 0 Å². The number of carbonyl (C=O) groups excluding carboxylic acids is 1. The van der Waals surface area contributed by atoms with Gasteiger partial charge in [0.2, 0.25) is 0 Å². The highest BCUT2D eigenvalue weighted by Gasteiger charge is 2.40. The molecule has 7 heteroatoms. The Labute approximate surface area is 187 Å². The maximum Gasteiger partial charge on any atom is 0.410 e. The molecule has 0 spiro atoms. The molecule has 1 amide bonds. The molecule has 2 rings (SSSR count). The molecule has 0 aromatic carbocycles. The molecule has 1 aliphatic heterocycles. The van der Waals surface area contributed by atoms with Crippen molar-refractivity contribution in [3.63, 3.8) is 0 Å². The first-order valence-corrected chi connectivity index (χ1v) is 9.66. The molecule has 1 saturated heterocycles. The summed E-state index contributed by atoms with van der Waals surface area (Å²) in [5, 5.41) is 19.5. The van der Waals surface area contributed by atoms with E-state index in [1.165, 1.54) is 25.7 Å². The van der Waals surface area contributed by atoms with Crippen LogP contribution >= 0.6 is 27.0 Å². The van der Waals surface area contributed by atoms with Gasteiger partial charge in [0.05, 0.1) is 17.2 Å². The van der Waals surface area contributed by atoms with Crippen molar-refractivity contribution >= 4 is 33.1 Å². The summed E-state index contributed by atoms with van der Waals surface area (Å²) in [5.41, 5.74) is -1.77. The molecule has 0 unspecified atom stereocenters. The smallest absolute Gasteiger partial charge is 0.410 e. The van der Waals surface area contributed by atoms with Crippen LogP contribution in [0.1, 0.15) is 94.4 Å². The van der Waals surface area contributed by atoms with Crippen molar-refractivity contribution in [2.24, 2.45) is 5.92 Å². The van der Waals surface area contributed by atoms with Gasteiger partial charge in [-0.05, 0) is 80.1 Å². The Bertz CT molecular complexity index is 433. The summed E-state index contributed by atoms with van der Waals surface area (Å²) in [6.07, 6.45) is 6.52. The molecule has 0 radical (unpaired) electrons. The van der Waals surface area contributed by atoms with Gasteiger partial charge in [0.15, 0.2) is 0 Å². The van der Waals surface area contributed by atoms with Crippen LogP contribution in [0.4, 0.5) is 4.79 Å². The van der Waals surface area contributed by atoms with E-state index in [0.29, 0.717) is 12.5 Å². The minimum absolute atomic E-state index is 0. The van der Waals surface area contributed by atoms with Crippen molar-refractivity contribution in [3.05, 3.63) is 0 Å². The topological polar surface area (TPSA) is 70.0 Å². The Balaban J connectivity index is -0.000000452. The first-order valence-electron chi connectivity index (χ1n) is 9.66. The number of likely N-dealkylation sites (tertiary alicyclic amines) is 1. The van der Waals surface area contributed by atoms with Gasteiger partial charge in [0, 0.05) is 6.54 Å². The van der Waals surface area contributed by atoms with E-state index in [2.05, 4.69) is 0 Å². The Kier molecular flexibility index (Phi) is 14.6. The fourth-order valence-electron chi connectivity index (χ4n) is 3.67. The fourth-order valence-corrected chi connectivity index (χ4v) is 3.67. The van der Waals surface area contributed by atoms with Gasteiger partial charge in [-0.2, -0.15) is 27.0 Å². The Morgan fingerprint density at radius 3 is 1.64 bits per heavy atom. The fraction of sp³-hybridized carbons (Fsp3) is 0.952. The van der Waals surface area contributed by atoms with Crippen LogP contribution in [0.2, 0.25) is 0 Å². The minimum atomic E-state index is -0.868. The maximum absolute atomic E-state index is 11.9. The zero-order chi connectivity index (χ0) is 19.5. The third-order valence-corrected chi connectivity index (χ3v) is 5.05. The number of hydrogen-bond donors (Lipinski definition) is 2. The van der Waals surface area contributed by atoms with Crippen LogP contribution in [0.25, 0.3) is 0 Å². The molecule has 2 fully saturated rings. The lowest BCUT2D eigenvalue weighted by molar-refractivity contribution is -0.0240.